The van der Waals surface area contributed by atoms with Crippen molar-refractivity contribution in [2.45, 2.75) is 24.3 Å². The first-order valence-electron chi connectivity index (χ1n) is 7.20. The normalized spacial score (nSPS) is 21.6. The smallest absolute Gasteiger partial charge is 0.176 e. The van der Waals surface area contributed by atoms with E-state index in [0.717, 1.165) is 31.6 Å². The predicted octanol–water partition coefficient (Wildman–Crippen LogP) is 2.62. The summed E-state index contributed by atoms with van der Waals surface area (Å²) < 4.78 is 0. The Balaban J connectivity index is 1.98. The third-order valence-electron chi connectivity index (χ3n) is 3.94. The van der Waals surface area contributed by atoms with Crippen LogP contribution in [0.5, 0.6) is 0 Å². The van der Waals surface area contributed by atoms with Crippen LogP contribution in [0.1, 0.15) is 23.7 Å². The van der Waals surface area contributed by atoms with E-state index in [1.54, 1.807) is 11.8 Å². The van der Waals surface area contributed by atoms with E-state index in [9.17, 15) is 4.79 Å². The number of thioether (sulfide) groups is 1. The van der Waals surface area contributed by atoms with Crippen molar-refractivity contribution in [1.29, 1.82) is 0 Å². The zero-order chi connectivity index (χ0) is 14.5. The summed E-state index contributed by atoms with van der Waals surface area (Å²) in [6.07, 6.45) is 3.19. The highest BCUT2D eigenvalue weighted by molar-refractivity contribution is 7.98. The SMILES string of the molecule is CSc1ccc(C(=O)CN2CCCN(C)CC2C)cc1. The molecule has 0 saturated carbocycles. The molecule has 1 aliphatic rings. The molecule has 1 aliphatic heterocycles. The Bertz CT molecular complexity index is 446. The lowest BCUT2D eigenvalue weighted by Gasteiger charge is -2.27. The number of benzene rings is 1. The maximum absolute atomic E-state index is 12.4. The summed E-state index contributed by atoms with van der Waals surface area (Å²) in [5.41, 5.74) is 0.826. The fourth-order valence-corrected chi connectivity index (χ4v) is 3.12. The van der Waals surface area contributed by atoms with Gasteiger partial charge in [-0.25, -0.2) is 0 Å². The van der Waals surface area contributed by atoms with E-state index >= 15 is 0 Å². The zero-order valence-electron chi connectivity index (χ0n) is 12.6. The van der Waals surface area contributed by atoms with Crippen LogP contribution >= 0.6 is 11.8 Å². The Morgan fingerprint density at radius 2 is 2.00 bits per heavy atom. The molecule has 0 N–H and O–H groups in total. The Morgan fingerprint density at radius 3 is 2.65 bits per heavy atom. The molecule has 0 amide bonds. The van der Waals surface area contributed by atoms with Gasteiger partial charge in [0.15, 0.2) is 5.78 Å². The highest BCUT2D eigenvalue weighted by Gasteiger charge is 2.21. The minimum Gasteiger partial charge on any atom is -0.305 e. The molecular weight excluding hydrogens is 268 g/mol. The Hall–Kier alpha value is -0.840. The van der Waals surface area contributed by atoms with Crippen LogP contribution in [-0.2, 0) is 0 Å². The van der Waals surface area contributed by atoms with E-state index in [0.29, 0.717) is 12.6 Å². The number of rotatable bonds is 4. The molecule has 0 spiro atoms. The molecule has 20 heavy (non-hydrogen) atoms. The summed E-state index contributed by atoms with van der Waals surface area (Å²) >= 11 is 1.70. The highest BCUT2D eigenvalue weighted by Crippen LogP contribution is 2.16. The van der Waals surface area contributed by atoms with Gasteiger partial charge in [-0.3, -0.25) is 9.69 Å². The van der Waals surface area contributed by atoms with Crippen molar-refractivity contribution in [2.24, 2.45) is 0 Å². The van der Waals surface area contributed by atoms with Crippen molar-refractivity contribution in [3.8, 4) is 0 Å². The van der Waals surface area contributed by atoms with Crippen molar-refractivity contribution >= 4 is 17.5 Å². The average Bonchev–Trinajstić information content (AvgIpc) is 2.60. The summed E-state index contributed by atoms with van der Waals surface area (Å²) in [7, 11) is 2.16. The fourth-order valence-electron chi connectivity index (χ4n) is 2.71. The van der Waals surface area contributed by atoms with Crippen molar-refractivity contribution in [3.63, 3.8) is 0 Å². The van der Waals surface area contributed by atoms with Crippen LogP contribution in [0, 0.1) is 0 Å². The molecule has 1 atom stereocenters. The highest BCUT2D eigenvalue weighted by atomic mass is 32.2. The number of nitrogens with zero attached hydrogens (tertiary/aromatic N) is 2. The van der Waals surface area contributed by atoms with Gasteiger partial charge in [0.25, 0.3) is 0 Å². The zero-order valence-corrected chi connectivity index (χ0v) is 13.4. The van der Waals surface area contributed by atoms with Gasteiger partial charge >= 0.3 is 0 Å². The van der Waals surface area contributed by atoms with E-state index in [2.05, 4.69) is 23.8 Å². The molecule has 110 valence electrons. The number of likely N-dealkylation sites (N-methyl/N-ethyl adjacent to an activating group) is 1. The van der Waals surface area contributed by atoms with Crippen LogP contribution in [0.2, 0.25) is 0 Å². The lowest BCUT2D eigenvalue weighted by molar-refractivity contribution is 0.0900. The molecule has 0 radical (unpaired) electrons. The first-order chi connectivity index (χ1) is 9.60. The number of hydrogen-bond acceptors (Lipinski definition) is 4. The monoisotopic (exact) mass is 292 g/mol. The predicted molar refractivity (Wildman–Crippen MR) is 85.7 cm³/mol. The van der Waals surface area contributed by atoms with Gasteiger partial charge < -0.3 is 4.90 Å². The summed E-state index contributed by atoms with van der Waals surface area (Å²) in [6.45, 7) is 5.93. The van der Waals surface area contributed by atoms with Gasteiger partial charge in [0.05, 0.1) is 6.54 Å². The molecule has 1 heterocycles. The van der Waals surface area contributed by atoms with Gasteiger partial charge in [-0.15, -0.1) is 11.8 Å². The summed E-state index contributed by atoms with van der Waals surface area (Å²) in [5.74, 6) is 0.231. The minimum absolute atomic E-state index is 0.231. The number of carbonyl (C=O) groups excluding carboxylic acids is 1. The Kier molecular flexibility index (Phi) is 5.64. The average molecular weight is 292 g/mol. The molecule has 0 aromatic heterocycles. The lowest BCUT2D eigenvalue weighted by atomic mass is 10.1. The van der Waals surface area contributed by atoms with Crippen LogP contribution in [0.25, 0.3) is 0 Å². The number of ketones is 1. The molecule has 0 bridgehead atoms. The van der Waals surface area contributed by atoms with E-state index < -0.39 is 0 Å². The molecule has 2 rings (SSSR count). The van der Waals surface area contributed by atoms with Gasteiger partial charge in [-0.05, 0) is 45.3 Å². The second-order valence-corrected chi connectivity index (χ2v) is 6.47. The Labute approximate surface area is 126 Å². The van der Waals surface area contributed by atoms with Gasteiger partial charge in [-0.2, -0.15) is 0 Å². The molecule has 4 heteroatoms. The standard InChI is InChI=1S/C16H24N2OS/c1-13-11-17(2)9-4-10-18(13)12-16(19)14-5-7-15(20-3)8-6-14/h5-8,13H,4,9-12H2,1-3H3. The molecule has 0 aliphatic carbocycles. The maximum Gasteiger partial charge on any atom is 0.176 e. The third kappa shape index (κ3) is 4.08. The largest absolute Gasteiger partial charge is 0.305 e. The Morgan fingerprint density at radius 1 is 1.30 bits per heavy atom. The van der Waals surface area contributed by atoms with Crippen LogP contribution in [0.4, 0.5) is 0 Å². The summed E-state index contributed by atoms with van der Waals surface area (Å²) in [5, 5.41) is 0. The quantitative estimate of drug-likeness (QED) is 0.629. The van der Waals surface area contributed by atoms with Crippen LogP contribution in [0.3, 0.4) is 0 Å². The first-order valence-corrected chi connectivity index (χ1v) is 8.42. The second-order valence-electron chi connectivity index (χ2n) is 5.59. The second kappa shape index (κ2) is 7.25. The van der Waals surface area contributed by atoms with Gasteiger partial charge in [0.1, 0.15) is 0 Å². The molecule has 1 fully saturated rings. The number of hydrogen-bond donors (Lipinski definition) is 0. The molecular formula is C16H24N2OS. The molecule has 1 unspecified atom stereocenters. The fraction of sp³-hybridized carbons (Fsp3) is 0.562. The van der Waals surface area contributed by atoms with Gasteiger partial charge in [-0.1, -0.05) is 12.1 Å². The number of Topliss-reactive ketones (excluding diaryl/α,β-unsaturated/α-hetero) is 1. The molecule has 3 nitrogen and oxygen atoms in total. The van der Waals surface area contributed by atoms with E-state index in [1.165, 1.54) is 4.90 Å². The number of carbonyl (C=O) groups is 1. The van der Waals surface area contributed by atoms with Crippen molar-refractivity contribution in [3.05, 3.63) is 29.8 Å². The van der Waals surface area contributed by atoms with Crippen LogP contribution < -0.4 is 0 Å². The van der Waals surface area contributed by atoms with Gasteiger partial charge in [0, 0.05) is 29.6 Å². The van der Waals surface area contributed by atoms with E-state index in [-0.39, 0.29) is 5.78 Å². The minimum atomic E-state index is 0.231. The molecule has 1 aromatic rings. The summed E-state index contributed by atoms with van der Waals surface area (Å²) in [4.78, 5) is 18.3. The maximum atomic E-state index is 12.4. The van der Waals surface area contributed by atoms with E-state index in [4.69, 9.17) is 0 Å². The van der Waals surface area contributed by atoms with Crippen molar-refractivity contribution in [2.75, 3.05) is 39.5 Å². The van der Waals surface area contributed by atoms with Crippen molar-refractivity contribution < 1.29 is 4.79 Å². The topological polar surface area (TPSA) is 23.6 Å². The first kappa shape index (κ1) is 15.5. The molecule has 1 saturated heterocycles. The van der Waals surface area contributed by atoms with Crippen LogP contribution in [-0.4, -0.2) is 61.1 Å². The summed E-state index contributed by atoms with van der Waals surface area (Å²) in [6, 6.07) is 8.39. The van der Waals surface area contributed by atoms with Gasteiger partial charge in [0.2, 0.25) is 0 Å². The van der Waals surface area contributed by atoms with E-state index in [1.807, 2.05) is 30.5 Å². The molecule has 1 aromatic carbocycles. The lowest BCUT2D eigenvalue weighted by Crippen LogP contribution is -2.40. The van der Waals surface area contributed by atoms with Crippen molar-refractivity contribution in [1.82, 2.24) is 9.80 Å². The third-order valence-corrected chi connectivity index (χ3v) is 4.69. The van der Waals surface area contributed by atoms with Crippen LogP contribution in [0.15, 0.2) is 29.2 Å².